The highest BCUT2D eigenvalue weighted by molar-refractivity contribution is 8.01. The lowest BCUT2D eigenvalue weighted by atomic mass is 9.62. The fourth-order valence-electron chi connectivity index (χ4n) is 6.39. The number of hydrogen-bond donors (Lipinski definition) is 0. The Morgan fingerprint density at radius 3 is 1.59 bits per heavy atom. The van der Waals surface area contributed by atoms with Gasteiger partial charge >= 0.3 is 11.9 Å². The van der Waals surface area contributed by atoms with E-state index in [1.165, 1.54) is 36.8 Å². The molecule has 0 N–H and O–H groups in total. The number of esters is 2. The van der Waals surface area contributed by atoms with Crippen molar-refractivity contribution in [3.63, 3.8) is 0 Å². The largest absolute Gasteiger partial charge is 0.461 e. The van der Waals surface area contributed by atoms with Crippen molar-refractivity contribution >= 4 is 59.0 Å². The molecule has 4 atom stereocenters. The zero-order chi connectivity index (χ0) is 28.0. The second-order valence-electron chi connectivity index (χ2n) is 11.5. The third-order valence-electron chi connectivity index (χ3n) is 8.25. The van der Waals surface area contributed by atoms with E-state index in [2.05, 4.69) is 27.0 Å². The standard InChI is InChI=1S/C31H50O4S4/c1-5-7-28-24(6-2)8-9-25(10-12-30(32)34-26-18-36-14-22(3)15-37-19-26)29(28)11-13-31(33)35-27-20-38-16-23(4)17-39-21-27/h24-29H,3-21H2,1-2H3. The Morgan fingerprint density at radius 2 is 1.13 bits per heavy atom. The summed E-state index contributed by atoms with van der Waals surface area (Å²) in [5.74, 6) is 9.47. The molecule has 1 aliphatic carbocycles. The summed E-state index contributed by atoms with van der Waals surface area (Å²) in [4.78, 5) is 25.8. The number of carbonyl (C=O) groups is 2. The van der Waals surface area contributed by atoms with Crippen molar-refractivity contribution in [1.29, 1.82) is 0 Å². The molecule has 2 saturated heterocycles. The van der Waals surface area contributed by atoms with Crippen LogP contribution in [-0.2, 0) is 19.1 Å². The Balaban J connectivity index is 1.53. The Hall–Kier alpha value is -0.180. The Labute approximate surface area is 254 Å². The normalized spacial score (nSPS) is 28.2. The van der Waals surface area contributed by atoms with E-state index in [0.29, 0.717) is 30.6 Å². The lowest BCUT2D eigenvalue weighted by Crippen LogP contribution is -2.36. The smallest absolute Gasteiger partial charge is 0.306 e. The summed E-state index contributed by atoms with van der Waals surface area (Å²) in [5, 5.41) is 0. The van der Waals surface area contributed by atoms with Gasteiger partial charge in [-0.3, -0.25) is 9.59 Å². The van der Waals surface area contributed by atoms with Crippen molar-refractivity contribution in [2.24, 2.45) is 23.7 Å². The van der Waals surface area contributed by atoms with Gasteiger partial charge in [-0.2, -0.15) is 47.0 Å². The van der Waals surface area contributed by atoms with E-state index in [4.69, 9.17) is 9.47 Å². The van der Waals surface area contributed by atoms with Gasteiger partial charge in [0.1, 0.15) is 12.2 Å². The van der Waals surface area contributed by atoms with E-state index >= 15 is 0 Å². The molecule has 222 valence electrons. The van der Waals surface area contributed by atoms with Crippen molar-refractivity contribution in [1.82, 2.24) is 0 Å². The van der Waals surface area contributed by atoms with Crippen LogP contribution in [0.4, 0.5) is 0 Å². The van der Waals surface area contributed by atoms with Crippen molar-refractivity contribution in [3.8, 4) is 0 Å². The van der Waals surface area contributed by atoms with E-state index < -0.39 is 0 Å². The number of rotatable bonds is 11. The molecule has 0 amide bonds. The zero-order valence-electron chi connectivity index (χ0n) is 24.2. The lowest BCUT2D eigenvalue weighted by molar-refractivity contribution is -0.149. The third-order valence-corrected chi connectivity index (χ3v) is 13.1. The van der Waals surface area contributed by atoms with Crippen LogP contribution < -0.4 is 0 Å². The predicted octanol–water partition coefficient (Wildman–Crippen LogP) is 7.91. The Kier molecular flexibility index (Phi) is 15.7. The van der Waals surface area contributed by atoms with Crippen LogP contribution in [-0.4, -0.2) is 70.2 Å². The Bertz CT molecular complexity index is 779. The minimum atomic E-state index is -0.0506. The quantitative estimate of drug-likeness (QED) is 0.172. The summed E-state index contributed by atoms with van der Waals surface area (Å²) >= 11 is 7.31. The maximum absolute atomic E-state index is 13.0. The van der Waals surface area contributed by atoms with Gasteiger partial charge in [-0.25, -0.2) is 0 Å². The van der Waals surface area contributed by atoms with Crippen LogP contribution >= 0.6 is 47.0 Å². The van der Waals surface area contributed by atoms with Crippen LogP contribution in [0.5, 0.6) is 0 Å². The van der Waals surface area contributed by atoms with E-state index in [9.17, 15) is 9.59 Å². The summed E-state index contributed by atoms with van der Waals surface area (Å²) < 4.78 is 11.9. The highest BCUT2D eigenvalue weighted by Gasteiger charge is 2.38. The van der Waals surface area contributed by atoms with Crippen LogP contribution in [0.25, 0.3) is 0 Å². The van der Waals surface area contributed by atoms with Crippen LogP contribution in [0.15, 0.2) is 24.3 Å². The minimum absolute atomic E-state index is 0.00230. The molecule has 3 aliphatic rings. The van der Waals surface area contributed by atoms with Crippen molar-refractivity contribution < 1.29 is 19.1 Å². The average Bonchev–Trinajstić information content (AvgIpc) is 2.88. The number of carbonyl (C=O) groups excluding carboxylic acids is 2. The summed E-state index contributed by atoms with van der Waals surface area (Å²) in [6, 6.07) is 0. The first-order chi connectivity index (χ1) is 18.9. The fourth-order valence-corrected chi connectivity index (χ4v) is 10.8. The summed E-state index contributed by atoms with van der Waals surface area (Å²) in [5.41, 5.74) is 2.53. The zero-order valence-corrected chi connectivity index (χ0v) is 27.4. The summed E-state index contributed by atoms with van der Waals surface area (Å²) in [7, 11) is 0. The molecule has 4 nitrogen and oxygen atoms in total. The van der Waals surface area contributed by atoms with Gasteiger partial charge in [-0.1, -0.05) is 57.4 Å². The first-order valence-electron chi connectivity index (χ1n) is 14.9. The molecular weight excluding hydrogens is 565 g/mol. The van der Waals surface area contributed by atoms with Crippen LogP contribution in [0.3, 0.4) is 0 Å². The second-order valence-corrected chi connectivity index (χ2v) is 15.6. The average molecular weight is 615 g/mol. The number of ether oxygens (including phenoxy) is 2. The summed E-state index contributed by atoms with van der Waals surface area (Å²) in [6.45, 7) is 12.8. The minimum Gasteiger partial charge on any atom is -0.461 e. The molecule has 0 aromatic carbocycles. The molecule has 0 bridgehead atoms. The molecule has 2 heterocycles. The van der Waals surface area contributed by atoms with E-state index in [-0.39, 0.29) is 24.1 Å². The molecule has 8 heteroatoms. The van der Waals surface area contributed by atoms with Gasteiger partial charge in [0.25, 0.3) is 0 Å². The monoisotopic (exact) mass is 614 g/mol. The molecule has 0 radical (unpaired) electrons. The first kappa shape index (κ1) is 33.3. The number of hydrogen-bond acceptors (Lipinski definition) is 8. The molecule has 3 fully saturated rings. The third kappa shape index (κ3) is 11.9. The molecule has 39 heavy (non-hydrogen) atoms. The first-order valence-corrected chi connectivity index (χ1v) is 19.5. The molecule has 0 aromatic rings. The van der Waals surface area contributed by atoms with Gasteiger partial charge in [-0.15, -0.1) is 0 Å². The van der Waals surface area contributed by atoms with Gasteiger partial charge in [0, 0.05) is 58.9 Å². The Morgan fingerprint density at radius 1 is 0.692 bits per heavy atom. The fraction of sp³-hybridized carbons (Fsp3) is 0.806. The molecule has 2 aliphatic heterocycles. The van der Waals surface area contributed by atoms with Crippen molar-refractivity contribution in [3.05, 3.63) is 24.3 Å². The van der Waals surface area contributed by atoms with Crippen LogP contribution in [0.2, 0.25) is 0 Å². The molecule has 4 unspecified atom stereocenters. The second kappa shape index (κ2) is 18.4. The SMILES string of the molecule is C=C1CSCC(OC(=O)CCC2CCC(CC)C(CCC)C2CCC(=O)OC2CSCC(=C)CSC2)CSC1. The van der Waals surface area contributed by atoms with Crippen LogP contribution in [0.1, 0.15) is 71.6 Å². The van der Waals surface area contributed by atoms with E-state index in [1.807, 2.05) is 47.0 Å². The lowest BCUT2D eigenvalue weighted by Gasteiger charge is -2.43. The highest BCUT2D eigenvalue weighted by Crippen LogP contribution is 2.46. The van der Waals surface area contributed by atoms with Gasteiger partial charge in [-0.05, 0) is 49.4 Å². The molecule has 1 saturated carbocycles. The van der Waals surface area contributed by atoms with Gasteiger partial charge < -0.3 is 9.47 Å². The van der Waals surface area contributed by atoms with Gasteiger partial charge in [0.15, 0.2) is 0 Å². The molecule has 0 aromatic heterocycles. The highest BCUT2D eigenvalue weighted by atomic mass is 32.2. The topological polar surface area (TPSA) is 52.6 Å². The molecule has 0 spiro atoms. The van der Waals surface area contributed by atoms with Crippen LogP contribution in [0, 0.1) is 23.7 Å². The van der Waals surface area contributed by atoms with E-state index in [0.717, 1.165) is 71.2 Å². The molecule has 3 rings (SSSR count). The predicted molar refractivity (Wildman–Crippen MR) is 174 cm³/mol. The van der Waals surface area contributed by atoms with Crippen molar-refractivity contribution in [2.45, 2.75) is 83.8 Å². The molecular formula is C31H50O4S4. The summed E-state index contributed by atoms with van der Waals surface area (Å²) in [6.07, 6.45) is 8.69. The van der Waals surface area contributed by atoms with E-state index in [1.54, 1.807) is 0 Å². The van der Waals surface area contributed by atoms with Gasteiger partial charge in [0.05, 0.1) is 0 Å². The van der Waals surface area contributed by atoms with Crippen molar-refractivity contribution in [2.75, 3.05) is 46.0 Å². The number of thioether (sulfide) groups is 4. The maximum Gasteiger partial charge on any atom is 0.306 e. The van der Waals surface area contributed by atoms with Gasteiger partial charge in [0.2, 0.25) is 0 Å². The maximum atomic E-state index is 13.0.